The van der Waals surface area contributed by atoms with Gasteiger partial charge in [0.1, 0.15) is 5.75 Å². The lowest BCUT2D eigenvalue weighted by Crippen LogP contribution is -2.38. The summed E-state index contributed by atoms with van der Waals surface area (Å²) >= 11 is 0. The SMILES string of the molecule is CCCC1CCCC(C2CCC(C(F)(F)Oc3cc(F)c(F)c(F)c3)CC2)CC1. The van der Waals surface area contributed by atoms with E-state index in [9.17, 15) is 22.0 Å². The van der Waals surface area contributed by atoms with E-state index in [1.54, 1.807) is 0 Å². The summed E-state index contributed by atoms with van der Waals surface area (Å²) < 4.78 is 73.3. The highest BCUT2D eigenvalue weighted by molar-refractivity contribution is 5.25. The molecule has 0 radical (unpaired) electrons. The summed E-state index contributed by atoms with van der Waals surface area (Å²) in [5.41, 5.74) is 0. The van der Waals surface area contributed by atoms with Gasteiger partial charge in [-0.1, -0.05) is 45.4 Å². The highest BCUT2D eigenvalue weighted by Gasteiger charge is 2.45. The van der Waals surface area contributed by atoms with Gasteiger partial charge < -0.3 is 4.74 Å². The molecule has 2 atom stereocenters. The van der Waals surface area contributed by atoms with Crippen LogP contribution in [-0.4, -0.2) is 6.11 Å². The average molecular weight is 418 g/mol. The highest BCUT2D eigenvalue weighted by Crippen LogP contribution is 2.45. The Hall–Kier alpha value is -1.33. The Labute approximate surface area is 170 Å². The van der Waals surface area contributed by atoms with Gasteiger partial charge in [0, 0.05) is 12.1 Å². The van der Waals surface area contributed by atoms with Crippen molar-refractivity contribution in [3.63, 3.8) is 0 Å². The summed E-state index contributed by atoms with van der Waals surface area (Å²) in [4.78, 5) is 0. The van der Waals surface area contributed by atoms with Crippen LogP contribution in [0.2, 0.25) is 0 Å². The zero-order valence-electron chi connectivity index (χ0n) is 17.0. The summed E-state index contributed by atoms with van der Waals surface area (Å²) in [6, 6.07) is 0.937. The van der Waals surface area contributed by atoms with Crippen molar-refractivity contribution in [1.82, 2.24) is 0 Å². The van der Waals surface area contributed by atoms with Gasteiger partial charge in [-0.3, -0.25) is 0 Å². The topological polar surface area (TPSA) is 9.23 Å². The molecule has 164 valence electrons. The van der Waals surface area contributed by atoms with E-state index in [0.29, 0.717) is 36.8 Å². The molecule has 1 nitrogen and oxygen atoms in total. The Morgan fingerprint density at radius 1 is 0.862 bits per heavy atom. The minimum Gasteiger partial charge on any atom is -0.432 e. The van der Waals surface area contributed by atoms with E-state index < -0.39 is 35.2 Å². The van der Waals surface area contributed by atoms with Crippen molar-refractivity contribution in [3.05, 3.63) is 29.6 Å². The molecular weight excluding hydrogens is 387 g/mol. The largest absolute Gasteiger partial charge is 0.432 e. The number of benzene rings is 1. The summed E-state index contributed by atoms with van der Waals surface area (Å²) in [6.07, 6.45) is 7.26. The maximum absolute atomic E-state index is 14.6. The normalized spacial score (nSPS) is 28.8. The van der Waals surface area contributed by atoms with Gasteiger partial charge in [-0.15, -0.1) is 0 Å². The van der Waals surface area contributed by atoms with Gasteiger partial charge in [-0.2, -0.15) is 8.78 Å². The molecular formula is C23H31F5O. The molecule has 0 heterocycles. The van der Waals surface area contributed by atoms with Gasteiger partial charge in [0.2, 0.25) is 0 Å². The second kappa shape index (κ2) is 9.65. The first-order valence-corrected chi connectivity index (χ1v) is 11.0. The lowest BCUT2D eigenvalue weighted by molar-refractivity contribution is -0.224. The summed E-state index contributed by atoms with van der Waals surface area (Å²) in [5, 5.41) is 0. The smallest absolute Gasteiger partial charge is 0.400 e. The predicted molar refractivity (Wildman–Crippen MR) is 102 cm³/mol. The summed E-state index contributed by atoms with van der Waals surface area (Å²) in [5.74, 6) is -4.52. The van der Waals surface area contributed by atoms with E-state index in [2.05, 4.69) is 11.7 Å². The summed E-state index contributed by atoms with van der Waals surface area (Å²) in [6.45, 7) is 2.22. The molecule has 0 aromatic heterocycles. The first-order chi connectivity index (χ1) is 13.8. The van der Waals surface area contributed by atoms with E-state index >= 15 is 0 Å². The predicted octanol–water partition coefficient (Wildman–Crippen LogP) is 7.88. The number of rotatable bonds is 6. The van der Waals surface area contributed by atoms with Crippen LogP contribution in [-0.2, 0) is 0 Å². The van der Waals surface area contributed by atoms with Crippen molar-refractivity contribution in [2.24, 2.45) is 23.7 Å². The molecule has 0 N–H and O–H groups in total. The van der Waals surface area contributed by atoms with Crippen molar-refractivity contribution >= 4 is 0 Å². The van der Waals surface area contributed by atoms with Crippen molar-refractivity contribution in [2.45, 2.75) is 83.7 Å². The van der Waals surface area contributed by atoms with Crippen LogP contribution < -0.4 is 4.74 Å². The van der Waals surface area contributed by atoms with E-state index in [-0.39, 0.29) is 0 Å². The van der Waals surface area contributed by atoms with Crippen molar-refractivity contribution in [2.75, 3.05) is 0 Å². The molecule has 2 aliphatic carbocycles. The molecule has 0 spiro atoms. The van der Waals surface area contributed by atoms with Gasteiger partial charge in [0.15, 0.2) is 17.5 Å². The fraction of sp³-hybridized carbons (Fsp3) is 0.739. The van der Waals surface area contributed by atoms with Gasteiger partial charge >= 0.3 is 6.11 Å². The van der Waals surface area contributed by atoms with E-state index in [1.165, 1.54) is 44.9 Å². The second-order valence-electron chi connectivity index (χ2n) is 8.90. The molecule has 2 fully saturated rings. The molecule has 1 aromatic carbocycles. The van der Waals surface area contributed by atoms with Crippen molar-refractivity contribution in [3.8, 4) is 5.75 Å². The Morgan fingerprint density at radius 2 is 1.45 bits per heavy atom. The molecule has 2 saturated carbocycles. The molecule has 2 unspecified atom stereocenters. The quantitative estimate of drug-likeness (QED) is 0.259. The maximum atomic E-state index is 14.6. The third-order valence-electron chi connectivity index (χ3n) is 6.95. The lowest BCUT2D eigenvalue weighted by atomic mass is 9.73. The van der Waals surface area contributed by atoms with Crippen LogP contribution in [0, 0.1) is 41.1 Å². The number of ether oxygens (including phenoxy) is 1. The lowest BCUT2D eigenvalue weighted by Gasteiger charge is -2.36. The van der Waals surface area contributed by atoms with Crippen LogP contribution >= 0.6 is 0 Å². The van der Waals surface area contributed by atoms with Crippen LogP contribution in [0.25, 0.3) is 0 Å². The molecule has 0 aliphatic heterocycles. The zero-order chi connectivity index (χ0) is 21.0. The van der Waals surface area contributed by atoms with Crippen LogP contribution in [0.1, 0.15) is 77.6 Å². The maximum Gasteiger partial charge on any atom is 0.400 e. The van der Waals surface area contributed by atoms with E-state index in [1.807, 2.05) is 0 Å². The highest BCUT2D eigenvalue weighted by atomic mass is 19.3. The van der Waals surface area contributed by atoms with Gasteiger partial charge in [0.25, 0.3) is 0 Å². The molecule has 2 aliphatic rings. The Morgan fingerprint density at radius 3 is 2.07 bits per heavy atom. The first kappa shape index (κ1) is 22.4. The van der Waals surface area contributed by atoms with Gasteiger partial charge in [-0.25, -0.2) is 13.2 Å². The minimum absolute atomic E-state index is 0.332. The van der Waals surface area contributed by atoms with Crippen LogP contribution in [0.5, 0.6) is 5.75 Å². The Balaban J connectivity index is 1.54. The number of hydrogen-bond acceptors (Lipinski definition) is 1. The molecule has 3 rings (SSSR count). The van der Waals surface area contributed by atoms with Gasteiger partial charge in [0.05, 0.1) is 5.92 Å². The third kappa shape index (κ3) is 5.64. The van der Waals surface area contributed by atoms with Crippen molar-refractivity contribution < 1.29 is 26.7 Å². The van der Waals surface area contributed by atoms with Crippen molar-refractivity contribution in [1.29, 1.82) is 0 Å². The molecule has 6 heteroatoms. The molecule has 0 amide bonds. The molecule has 29 heavy (non-hydrogen) atoms. The zero-order valence-corrected chi connectivity index (χ0v) is 17.0. The molecule has 1 aromatic rings. The Bertz CT molecular complexity index is 646. The monoisotopic (exact) mass is 418 g/mol. The molecule has 0 saturated heterocycles. The number of alkyl halides is 2. The van der Waals surface area contributed by atoms with E-state index in [0.717, 1.165) is 18.8 Å². The number of halogens is 5. The first-order valence-electron chi connectivity index (χ1n) is 11.0. The van der Waals surface area contributed by atoms with Crippen LogP contribution in [0.4, 0.5) is 22.0 Å². The average Bonchev–Trinajstić information content (AvgIpc) is 2.92. The Kier molecular flexibility index (Phi) is 7.44. The fourth-order valence-corrected chi connectivity index (χ4v) is 5.33. The van der Waals surface area contributed by atoms with Gasteiger partial charge in [-0.05, 0) is 49.9 Å². The summed E-state index contributed by atoms with van der Waals surface area (Å²) in [7, 11) is 0. The standard InChI is InChI=1S/C23H31F5O/c1-2-4-15-5-3-6-16(8-7-15)17-9-11-18(12-10-17)23(27,28)29-19-13-20(24)22(26)21(25)14-19/h13-18H,2-12H2,1H3. The molecule has 0 bridgehead atoms. The number of hydrogen-bond donors (Lipinski definition) is 0. The fourth-order valence-electron chi connectivity index (χ4n) is 5.33. The van der Waals surface area contributed by atoms with Crippen LogP contribution in [0.3, 0.4) is 0 Å². The third-order valence-corrected chi connectivity index (χ3v) is 6.95. The minimum atomic E-state index is -3.53. The van der Waals surface area contributed by atoms with Crippen LogP contribution in [0.15, 0.2) is 12.1 Å². The second-order valence-corrected chi connectivity index (χ2v) is 8.90. The van der Waals surface area contributed by atoms with E-state index in [4.69, 9.17) is 0 Å².